The maximum Gasteiger partial charge on any atom is 0.326 e. The van der Waals surface area contributed by atoms with Gasteiger partial charge in [-0.3, -0.25) is 19.3 Å². The standard InChI is InChI=1S/C16H25N3O5/c1-15(2,3)10-4-6-16(7-5-10)13(22)19(14(23)18-16)8-12(21)24-9-11(17)20/h10H,4-9H2,1-3H3,(H2,17,20)(H,18,23). The van der Waals surface area contributed by atoms with Crippen LogP contribution < -0.4 is 11.1 Å². The summed E-state index contributed by atoms with van der Waals surface area (Å²) in [6.07, 6.45) is 2.81. The lowest BCUT2D eigenvalue weighted by Gasteiger charge is -2.40. The van der Waals surface area contributed by atoms with Crippen LogP contribution in [0.25, 0.3) is 0 Å². The lowest BCUT2D eigenvalue weighted by Crippen LogP contribution is -2.50. The van der Waals surface area contributed by atoms with Gasteiger partial charge in [-0.15, -0.1) is 0 Å². The number of rotatable bonds is 4. The predicted molar refractivity (Wildman–Crippen MR) is 84.5 cm³/mol. The van der Waals surface area contributed by atoms with Gasteiger partial charge in [0.2, 0.25) is 0 Å². The van der Waals surface area contributed by atoms with Gasteiger partial charge in [-0.05, 0) is 37.0 Å². The molecule has 24 heavy (non-hydrogen) atoms. The molecule has 0 aromatic carbocycles. The molecule has 3 N–H and O–H groups in total. The van der Waals surface area contributed by atoms with E-state index in [1.807, 2.05) is 0 Å². The van der Waals surface area contributed by atoms with Crippen molar-refractivity contribution in [2.24, 2.45) is 17.1 Å². The minimum atomic E-state index is -0.914. The Hall–Kier alpha value is -2.12. The van der Waals surface area contributed by atoms with E-state index in [1.54, 1.807) is 0 Å². The number of ether oxygens (including phenoxy) is 1. The lowest BCUT2D eigenvalue weighted by atomic mass is 9.67. The van der Waals surface area contributed by atoms with Crippen molar-refractivity contribution >= 4 is 23.8 Å². The van der Waals surface area contributed by atoms with Crippen LogP contribution >= 0.6 is 0 Å². The van der Waals surface area contributed by atoms with E-state index in [-0.39, 0.29) is 5.41 Å². The van der Waals surface area contributed by atoms with Crippen molar-refractivity contribution in [1.82, 2.24) is 10.2 Å². The largest absolute Gasteiger partial charge is 0.454 e. The van der Waals surface area contributed by atoms with Crippen LogP contribution in [0.2, 0.25) is 0 Å². The minimum absolute atomic E-state index is 0.158. The van der Waals surface area contributed by atoms with Gasteiger partial charge in [-0.25, -0.2) is 4.79 Å². The molecule has 2 rings (SSSR count). The van der Waals surface area contributed by atoms with Crippen LogP contribution in [0.4, 0.5) is 4.79 Å². The number of hydrogen-bond acceptors (Lipinski definition) is 5. The predicted octanol–water partition coefficient (Wildman–Crippen LogP) is 0.542. The van der Waals surface area contributed by atoms with Crippen molar-refractivity contribution in [2.45, 2.75) is 52.0 Å². The van der Waals surface area contributed by atoms with Gasteiger partial charge in [0.1, 0.15) is 12.1 Å². The number of nitrogens with two attached hydrogens (primary N) is 1. The summed E-state index contributed by atoms with van der Waals surface area (Å²) in [6, 6.07) is -0.592. The molecule has 1 aliphatic carbocycles. The summed E-state index contributed by atoms with van der Waals surface area (Å²) in [6.45, 7) is 5.44. The molecule has 0 atom stereocenters. The zero-order valence-corrected chi connectivity index (χ0v) is 14.4. The molecule has 0 aromatic heterocycles. The van der Waals surface area contributed by atoms with Crippen LogP contribution in [0.3, 0.4) is 0 Å². The van der Waals surface area contributed by atoms with Crippen molar-refractivity contribution in [3.05, 3.63) is 0 Å². The first-order chi connectivity index (χ1) is 11.0. The Morgan fingerprint density at radius 3 is 2.38 bits per heavy atom. The van der Waals surface area contributed by atoms with Crippen LogP contribution in [0, 0.1) is 11.3 Å². The van der Waals surface area contributed by atoms with E-state index in [1.165, 1.54) is 0 Å². The summed E-state index contributed by atoms with van der Waals surface area (Å²) in [5.41, 5.74) is 4.13. The first-order valence-corrected chi connectivity index (χ1v) is 8.13. The number of carbonyl (C=O) groups is 4. The average Bonchev–Trinajstić information content (AvgIpc) is 2.69. The molecule has 0 bridgehead atoms. The van der Waals surface area contributed by atoms with Gasteiger partial charge in [-0.2, -0.15) is 0 Å². The Bertz CT molecular complexity index is 559. The van der Waals surface area contributed by atoms with Crippen LogP contribution in [0.5, 0.6) is 0 Å². The number of amides is 4. The second-order valence-electron chi connectivity index (χ2n) is 7.67. The number of nitrogens with zero attached hydrogens (tertiary/aromatic N) is 1. The van der Waals surface area contributed by atoms with Crippen molar-refractivity contribution < 1.29 is 23.9 Å². The van der Waals surface area contributed by atoms with Crippen molar-refractivity contribution in [2.75, 3.05) is 13.2 Å². The number of carbonyl (C=O) groups excluding carboxylic acids is 4. The fraction of sp³-hybridized carbons (Fsp3) is 0.750. The number of hydrogen-bond donors (Lipinski definition) is 2. The molecule has 1 saturated carbocycles. The third-order valence-electron chi connectivity index (χ3n) is 4.97. The van der Waals surface area contributed by atoms with Gasteiger partial charge in [0.15, 0.2) is 6.61 Å². The van der Waals surface area contributed by atoms with Crippen molar-refractivity contribution in [3.63, 3.8) is 0 Å². The van der Waals surface area contributed by atoms with E-state index in [9.17, 15) is 19.2 Å². The minimum Gasteiger partial charge on any atom is -0.454 e. The van der Waals surface area contributed by atoms with Crippen LogP contribution in [-0.4, -0.2) is 47.4 Å². The molecule has 0 unspecified atom stereocenters. The van der Waals surface area contributed by atoms with Crippen LogP contribution in [0.15, 0.2) is 0 Å². The summed E-state index contributed by atoms with van der Waals surface area (Å²) in [5, 5.41) is 2.75. The fourth-order valence-electron chi connectivity index (χ4n) is 3.46. The number of urea groups is 1. The van der Waals surface area contributed by atoms with E-state index < -0.39 is 42.5 Å². The Kier molecular flexibility index (Phi) is 4.87. The molecule has 4 amide bonds. The Balaban J connectivity index is 1.99. The van der Waals surface area contributed by atoms with E-state index in [0.717, 1.165) is 17.7 Å². The maximum absolute atomic E-state index is 12.7. The zero-order valence-electron chi connectivity index (χ0n) is 14.4. The van der Waals surface area contributed by atoms with E-state index >= 15 is 0 Å². The van der Waals surface area contributed by atoms with Gasteiger partial charge < -0.3 is 15.8 Å². The highest BCUT2D eigenvalue weighted by Gasteiger charge is 2.53. The molecule has 0 aromatic rings. The van der Waals surface area contributed by atoms with Crippen LogP contribution in [0.1, 0.15) is 46.5 Å². The Labute approximate surface area is 141 Å². The molecule has 1 heterocycles. The fourth-order valence-corrected chi connectivity index (χ4v) is 3.46. The topological polar surface area (TPSA) is 119 Å². The summed E-state index contributed by atoms with van der Waals surface area (Å²) in [7, 11) is 0. The van der Waals surface area contributed by atoms with Crippen LogP contribution in [-0.2, 0) is 19.1 Å². The highest BCUT2D eigenvalue weighted by molar-refractivity contribution is 6.08. The third kappa shape index (κ3) is 3.68. The third-order valence-corrected chi connectivity index (χ3v) is 4.97. The van der Waals surface area contributed by atoms with Gasteiger partial charge in [0.05, 0.1) is 0 Å². The molecule has 1 aliphatic heterocycles. The molecule has 1 saturated heterocycles. The second kappa shape index (κ2) is 6.41. The molecule has 1 spiro atoms. The first kappa shape index (κ1) is 18.2. The first-order valence-electron chi connectivity index (χ1n) is 8.13. The molecule has 0 radical (unpaired) electrons. The molecule has 2 fully saturated rings. The number of primary amides is 1. The SMILES string of the molecule is CC(C)(C)C1CCC2(CC1)NC(=O)N(CC(=O)OCC(N)=O)C2=O. The summed E-state index contributed by atoms with van der Waals surface area (Å²) >= 11 is 0. The van der Waals surface area contributed by atoms with Gasteiger partial charge >= 0.3 is 12.0 Å². The van der Waals surface area contributed by atoms with Gasteiger partial charge in [0.25, 0.3) is 11.8 Å². The number of imide groups is 1. The smallest absolute Gasteiger partial charge is 0.326 e. The summed E-state index contributed by atoms with van der Waals surface area (Å²) in [5.74, 6) is -1.53. The molecule has 8 heteroatoms. The number of esters is 1. The molecule has 134 valence electrons. The maximum atomic E-state index is 12.7. The number of nitrogens with one attached hydrogen (secondary N) is 1. The van der Waals surface area contributed by atoms with E-state index in [2.05, 4.69) is 30.8 Å². The summed E-state index contributed by atoms with van der Waals surface area (Å²) < 4.78 is 4.61. The molecular formula is C16H25N3O5. The van der Waals surface area contributed by atoms with Gasteiger partial charge in [-0.1, -0.05) is 20.8 Å². The van der Waals surface area contributed by atoms with E-state index in [4.69, 9.17) is 5.73 Å². The molecular weight excluding hydrogens is 314 g/mol. The van der Waals surface area contributed by atoms with E-state index in [0.29, 0.717) is 18.8 Å². The average molecular weight is 339 g/mol. The Morgan fingerprint density at radius 2 is 1.88 bits per heavy atom. The molecule has 8 nitrogen and oxygen atoms in total. The summed E-state index contributed by atoms with van der Waals surface area (Å²) in [4.78, 5) is 47.9. The second-order valence-corrected chi connectivity index (χ2v) is 7.67. The monoisotopic (exact) mass is 339 g/mol. The van der Waals surface area contributed by atoms with Crippen molar-refractivity contribution in [3.8, 4) is 0 Å². The zero-order chi connectivity index (χ0) is 18.1. The van der Waals surface area contributed by atoms with Crippen molar-refractivity contribution in [1.29, 1.82) is 0 Å². The highest BCUT2D eigenvalue weighted by Crippen LogP contribution is 2.43. The Morgan fingerprint density at radius 1 is 1.29 bits per heavy atom. The molecule has 2 aliphatic rings. The lowest BCUT2D eigenvalue weighted by molar-refractivity contribution is -0.150. The van der Waals surface area contributed by atoms with Gasteiger partial charge in [0, 0.05) is 0 Å². The normalized spacial score (nSPS) is 27.3. The highest BCUT2D eigenvalue weighted by atomic mass is 16.5. The quantitative estimate of drug-likeness (QED) is 0.572.